The Morgan fingerprint density at radius 3 is 2.20 bits per heavy atom. The third kappa shape index (κ3) is 5.39. The fourth-order valence-corrected chi connectivity index (χ4v) is 4.23. The van der Waals surface area contributed by atoms with Gasteiger partial charge in [0.1, 0.15) is 5.25 Å². The van der Waals surface area contributed by atoms with Gasteiger partial charge in [0.05, 0.1) is 6.54 Å². The highest BCUT2D eigenvalue weighted by Crippen LogP contribution is 2.35. The molecule has 4 nitrogen and oxygen atoms in total. The molecule has 0 bridgehead atoms. The minimum Gasteiger partial charge on any atom is -0.351 e. The minimum atomic E-state index is -0.298. The van der Waals surface area contributed by atoms with E-state index >= 15 is 0 Å². The van der Waals surface area contributed by atoms with Crippen molar-refractivity contribution in [2.24, 2.45) is 0 Å². The van der Waals surface area contributed by atoms with E-state index in [1.165, 1.54) is 5.56 Å². The van der Waals surface area contributed by atoms with Crippen molar-refractivity contribution in [1.82, 2.24) is 15.1 Å². The zero-order valence-corrected chi connectivity index (χ0v) is 17.3. The van der Waals surface area contributed by atoms with E-state index in [4.69, 9.17) is 0 Å². The van der Waals surface area contributed by atoms with Gasteiger partial charge < -0.3 is 5.32 Å². The van der Waals surface area contributed by atoms with Crippen LogP contribution in [0.15, 0.2) is 108 Å². The number of hydrogen-bond donors (Lipinski definition) is 1. The molecule has 1 N–H and O–H groups in total. The molecule has 0 spiro atoms. The summed E-state index contributed by atoms with van der Waals surface area (Å²) in [5, 5.41) is 7.04. The van der Waals surface area contributed by atoms with Crippen LogP contribution < -0.4 is 5.32 Å². The van der Waals surface area contributed by atoms with Crippen molar-refractivity contribution in [3.63, 3.8) is 0 Å². The second-order valence-electron chi connectivity index (χ2n) is 6.96. The number of carbonyl (C=O) groups is 1. The molecule has 0 radical (unpaired) electrons. The summed E-state index contributed by atoms with van der Waals surface area (Å²) in [6.45, 7) is 1.24. The molecule has 1 unspecified atom stereocenters. The molecule has 1 aromatic heterocycles. The van der Waals surface area contributed by atoms with Gasteiger partial charge in [0.25, 0.3) is 0 Å². The summed E-state index contributed by atoms with van der Waals surface area (Å²) < 4.78 is 1.89. The van der Waals surface area contributed by atoms with E-state index in [0.29, 0.717) is 6.54 Å². The minimum absolute atomic E-state index is 0.00988. The monoisotopic (exact) mass is 413 g/mol. The van der Waals surface area contributed by atoms with Crippen molar-refractivity contribution in [2.45, 2.75) is 23.2 Å². The molecule has 5 heteroatoms. The Morgan fingerprint density at radius 2 is 1.53 bits per heavy atom. The fraction of sp³-hybridized carbons (Fsp3) is 0.120. The maximum Gasteiger partial charge on any atom is 0.238 e. The molecule has 1 heterocycles. The molecule has 0 fully saturated rings. The van der Waals surface area contributed by atoms with Crippen LogP contribution in [0.5, 0.6) is 0 Å². The zero-order chi connectivity index (χ0) is 20.6. The van der Waals surface area contributed by atoms with E-state index in [9.17, 15) is 4.79 Å². The first-order chi connectivity index (χ1) is 14.8. The second kappa shape index (κ2) is 9.94. The van der Waals surface area contributed by atoms with Gasteiger partial charge in [-0.2, -0.15) is 5.10 Å². The largest absolute Gasteiger partial charge is 0.351 e. The topological polar surface area (TPSA) is 46.9 Å². The van der Waals surface area contributed by atoms with E-state index in [0.717, 1.165) is 22.6 Å². The molecule has 0 aliphatic carbocycles. The van der Waals surface area contributed by atoms with Gasteiger partial charge in [-0.25, -0.2) is 0 Å². The highest BCUT2D eigenvalue weighted by Gasteiger charge is 2.21. The van der Waals surface area contributed by atoms with Crippen LogP contribution >= 0.6 is 11.8 Å². The number of benzene rings is 3. The standard InChI is InChI=1S/C25H23N3OS/c29-25(24(22-8-3-1-4-9-22)30-23-10-5-2-6-11-23)26-18-20-12-14-21(15-13-20)19-28-17-7-16-27-28/h1-17,24H,18-19H2,(H,26,29). The molecule has 0 aliphatic heterocycles. The number of aromatic nitrogens is 2. The van der Waals surface area contributed by atoms with Gasteiger partial charge in [0, 0.05) is 23.8 Å². The predicted molar refractivity (Wildman–Crippen MR) is 121 cm³/mol. The van der Waals surface area contributed by atoms with E-state index in [-0.39, 0.29) is 11.2 Å². The van der Waals surface area contributed by atoms with Crippen LogP contribution in [0.3, 0.4) is 0 Å². The van der Waals surface area contributed by atoms with Crippen molar-refractivity contribution in [3.05, 3.63) is 120 Å². The van der Waals surface area contributed by atoms with Crippen LogP contribution in [0.25, 0.3) is 0 Å². The summed E-state index contributed by atoms with van der Waals surface area (Å²) in [7, 11) is 0. The van der Waals surface area contributed by atoms with Crippen LogP contribution in [0.4, 0.5) is 0 Å². The second-order valence-corrected chi connectivity index (χ2v) is 8.14. The molecule has 150 valence electrons. The maximum atomic E-state index is 13.1. The Hall–Kier alpha value is -3.31. The number of carbonyl (C=O) groups excluding carboxylic acids is 1. The van der Waals surface area contributed by atoms with Crippen molar-refractivity contribution >= 4 is 17.7 Å². The first-order valence-corrected chi connectivity index (χ1v) is 10.8. The lowest BCUT2D eigenvalue weighted by molar-refractivity contribution is -0.120. The van der Waals surface area contributed by atoms with Gasteiger partial charge in [0.2, 0.25) is 5.91 Å². The maximum absolute atomic E-state index is 13.1. The molecule has 4 rings (SSSR count). The molecule has 0 aliphatic rings. The Balaban J connectivity index is 1.41. The summed E-state index contributed by atoms with van der Waals surface area (Å²) in [6.07, 6.45) is 3.72. The van der Waals surface area contributed by atoms with Gasteiger partial charge in [0.15, 0.2) is 0 Å². The number of thioether (sulfide) groups is 1. The van der Waals surface area contributed by atoms with Crippen molar-refractivity contribution in [3.8, 4) is 0 Å². The number of rotatable bonds is 8. The quantitative estimate of drug-likeness (QED) is 0.410. The molecule has 0 saturated heterocycles. The number of hydrogen-bond acceptors (Lipinski definition) is 3. The highest BCUT2D eigenvalue weighted by atomic mass is 32.2. The SMILES string of the molecule is O=C(NCc1ccc(Cn2cccn2)cc1)C(Sc1ccccc1)c1ccccc1. The number of nitrogens with one attached hydrogen (secondary N) is 1. The molecule has 0 saturated carbocycles. The van der Waals surface area contributed by atoms with Gasteiger partial charge >= 0.3 is 0 Å². The van der Waals surface area contributed by atoms with Crippen LogP contribution in [-0.2, 0) is 17.9 Å². The lowest BCUT2D eigenvalue weighted by Crippen LogP contribution is -2.27. The third-order valence-corrected chi connectivity index (χ3v) is 6.00. The van der Waals surface area contributed by atoms with Crippen LogP contribution in [0.2, 0.25) is 0 Å². The van der Waals surface area contributed by atoms with E-state index < -0.39 is 0 Å². The highest BCUT2D eigenvalue weighted by molar-refractivity contribution is 8.00. The van der Waals surface area contributed by atoms with Gasteiger partial charge in [-0.15, -0.1) is 11.8 Å². The Labute approximate surface area is 181 Å². The summed E-state index contributed by atoms with van der Waals surface area (Å²) >= 11 is 1.57. The summed E-state index contributed by atoms with van der Waals surface area (Å²) in [6, 6.07) is 30.1. The lowest BCUT2D eigenvalue weighted by atomic mass is 10.1. The van der Waals surface area contributed by atoms with E-state index in [1.807, 2.05) is 77.6 Å². The fourth-order valence-electron chi connectivity index (χ4n) is 3.16. The Bertz CT molecular complexity index is 1050. The first kappa shape index (κ1) is 20.0. The van der Waals surface area contributed by atoms with Crippen molar-refractivity contribution < 1.29 is 4.79 Å². The van der Waals surface area contributed by atoms with Gasteiger partial charge in [-0.05, 0) is 34.9 Å². The van der Waals surface area contributed by atoms with Gasteiger partial charge in [-0.1, -0.05) is 72.8 Å². The normalized spacial score (nSPS) is 11.7. The first-order valence-electron chi connectivity index (χ1n) is 9.87. The van der Waals surface area contributed by atoms with E-state index in [2.05, 4.69) is 34.7 Å². The summed E-state index contributed by atoms with van der Waals surface area (Å²) in [4.78, 5) is 14.1. The predicted octanol–water partition coefficient (Wildman–Crippen LogP) is 5.08. The van der Waals surface area contributed by atoms with E-state index in [1.54, 1.807) is 18.0 Å². The van der Waals surface area contributed by atoms with Crippen molar-refractivity contribution in [2.75, 3.05) is 0 Å². The average Bonchev–Trinajstić information content (AvgIpc) is 3.31. The molecular weight excluding hydrogens is 390 g/mol. The summed E-state index contributed by atoms with van der Waals surface area (Å²) in [5.74, 6) is 0.00988. The Kier molecular flexibility index (Phi) is 6.62. The summed E-state index contributed by atoms with van der Waals surface area (Å²) in [5.41, 5.74) is 3.25. The molecule has 4 aromatic rings. The molecule has 3 aromatic carbocycles. The lowest BCUT2D eigenvalue weighted by Gasteiger charge is -2.17. The molecule has 1 amide bonds. The molecular formula is C25H23N3OS. The number of nitrogens with zero attached hydrogens (tertiary/aromatic N) is 2. The van der Waals surface area contributed by atoms with Crippen molar-refractivity contribution in [1.29, 1.82) is 0 Å². The van der Waals surface area contributed by atoms with Crippen LogP contribution in [0, 0.1) is 0 Å². The Morgan fingerprint density at radius 1 is 0.867 bits per heavy atom. The van der Waals surface area contributed by atoms with Crippen LogP contribution in [0.1, 0.15) is 21.9 Å². The zero-order valence-electron chi connectivity index (χ0n) is 16.5. The molecule has 30 heavy (non-hydrogen) atoms. The van der Waals surface area contributed by atoms with Crippen LogP contribution in [-0.4, -0.2) is 15.7 Å². The van der Waals surface area contributed by atoms with Gasteiger partial charge in [-0.3, -0.25) is 9.48 Å². The molecule has 1 atom stereocenters. The average molecular weight is 414 g/mol. The third-order valence-electron chi connectivity index (χ3n) is 4.73. The number of amides is 1. The smallest absolute Gasteiger partial charge is 0.238 e.